The fourth-order valence-electron chi connectivity index (χ4n) is 2.85. The Morgan fingerprint density at radius 3 is 2.41 bits per heavy atom. The Morgan fingerprint density at radius 1 is 1.07 bits per heavy atom. The van der Waals surface area contributed by atoms with Gasteiger partial charge in [0, 0.05) is 29.0 Å². The molecule has 2 aromatic carbocycles. The second kappa shape index (κ2) is 8.11. The SMILES string of the molecule is CNc1cccc(-c2cccc(NC(=O)c3cc(C)c(Br)cn3)c2C)c1Cl. The molecule has 1 heterocycles. The molecule has 6 heteroatoms. The lowest BCUT2D eigenvalue weighted by atomic mass is 9.98. The lowest BCUT2D eigenvalue weighted by Gasteiger charge is -2.15. The number of halogens is 2. The Kier molecular flexibility index (Phi) is 5.82. The number of nitrogens with zero attached hydrogens (tertiary/aromatic N) is 1. The molecule has 3 aromatic rings. The van der Waals surface area contributed by atoms with Crippen molar-refractivity contribution in [2.24, 2.45) is 0 Å². The van der Waals surface area contributed by atoms with Crippen LogP contribution < -0.4 is 10.6 Å². The number of benzene rings is 2. The van der Waals surface area contributed by atoms with Crippen LogP contribution in [0.3, 0.4) is 0 Å². The Bertz CT molecular complexity index is 1020. The number of amides is 1. The number of anilines is 2. The zero-order chi connectivity index (χ0) is 19.6. The Hall–Kier alpha value is -2.37. The van der Waals surface area contributed by atoms with Crippen LogP contribution in [0.4, 0.5) is 11.4 Å². The van der Waals surface area contributed by atoms with E-state index in [0.29, 0.717) is 10.7 Å². The van der Waals surface area contributed by atoms with Gasteiger partial charge in [-0.05, 0) is 64.7 Å². The lowest BCUT2D eigenvalue weighted by Crippen LogP contribution is -2.15. The van der Waals surface area contributed by atoms with Crippen LogP contribution in [0.2, 0.25) is 5.02 Å². The van der Waals surface area contributed by atoms with E-state index in [-0.39, 0.29) is 5.91 Å². The molecule has 0 aliphatic heterocycles. The summed E-state index contributed by atoms with van der Waals surface area (Å²) in [7, 11) is 1.84. The van der Waals surface area contributed by atoms with Crippen molar-refractivity contribution in [3.05, 3.63) is 75.0 Å². The Morgan fingerprint density at radius 2 is 1.74 bits per heavy atom. The normalized spacial score (nSPS) is 10.6. The van der Waals surface area contributed by atoms with E-state index in [1.165, 1.54) is 0 Å². The third-order valence-electron chi connectivity index (χ3n) is 4.42. The first-order chi connectivity index (χ1) is 12.9. The van der Waals surface area contributed by atoms with Crippen molar-refractivity contribution in [1.29, 1.82) is 0 Å². The summed E-state index contributed by atoms with van der Waals surface area (Å²) >= 11 is 9.94. The van der Waals surface area contributed by atoms with E-state index in [4.69, 9.17) is 11.6 Å². The first kappa shape index (κ1) is 19.4. The van der Waals surface area contributed by atoms with Gasteiger partial charge in [-0.15, -0.1) is 0 Å². The molecule has 2 N–H and O–H groups in total. The summed E-state index contributed by atoms with van der Waals surface area (Å²) < 4.78 is 0.872. The maximum Gasteiger partial charge on any atom is 0.274 e. The predicted octanol–water partition coefficient (Wildman–Crippen LogP) is 6.08. The number of rotatable bonds is 4. The van der Waals surface area contributed by atoms with Crippen molar-refractivity contribution >= 4 is 44.8 Å². The highest BCUT2D eigenvalue weighted by Crippen LogP contribution is 2.37. The van der Waals surface area contributed by atoms with Gasteiger partial charge in [-0.1, -0.05) is 35.9 Å². The molecule has 1 amide bonds. The molecular weight excluding hydrogens is 426 g/mol. The van der Waals surface area contributed by atoms with Gasteiger partial charge in [-0.2, -0.15) is 0 Å². The zero-order valence-corrected chi connectivity index (χ0v) is 17.6. The highest BCUT2D eigenvalue weighted by Gasteiger charge is 2.15. The Labute approximate surface area is 172 Å². The van der Waals surface area contributed by atoms with Gasteiger partial charge in [0.05, 0.1) is 10.7 Å². The second-order valence-electron chi connectivity index (χ2n) is 6.17. The molecule has 138 valence electrons. The highest BCUT2D eigenvalue weighted by atomic mass is 79.9. The number of hydrogen-bond donors (Lipinski definition) is 2. The molecular formula is C21H19BrClN3O. The van der Waals surface area contributed by atoms with Crippen LogP contribution >= 0.6 is 27.5 Å². The molecule has 0 fully saturated rings. The standard InChI is InChI=1S/C21H19BrClN3O/c1-12-10-19(25-11-16(12)22)21(27)26-17-8-4-6-14(13(17)2)15-7-5-9-18(24-3)20(15)23/h4-11,24H,1-3H3,(H,26,27). The number of pyridine rings is 1. The summed E-state index contributed by atoms with van der Waals surface area (Å²) in [6.45, 7) is 3.89. The quantitative estimate of drug-likeness (QED) is 0.513. The molecule has 3 rings (SSSR count). The van der Waals surface area contributed by atoms with Crippen LogP contribution in [0.5, 0.6) is 0 Å². The largest absolute Gasteiger partial charge is 0.387 e. The summed E-state index contributed by atoms with van der Waals surface area (Å²) in [5, 5.41) is 6.69. The fourth-order valence-corrected chi connectivity index (χ4v) is 3.38. The molecule has 0 aliphatic rings. The topological polar surface area (TPSA) is 54.0 Å². The summed E-state index contributed by atoms with van der Waals surface area (Å²) in [5.74, 6) is -0.249. The van der Waals surface area contributed by atoms with Gasteiger partial charge in [0.1, 0.15) is 5.69 Å². The molecule has 1 aromatic heterocycles. The predicted molar refractivity (Wildman–Crippen MR) is 116 cm³/mol. The van der Waals surface area contributed by atoms with E-state index in [9.17, 15) is 4.79 Å². The van der Waals surface area contributed by atoms with Crippen molar-refractivity contribution in [3.63, 3.8) is 0 Å². The van der Waals surface area contributed by atoms with Crippen LogP contribution in [-0.4, -0.2) is 17.9 Å². The van der Waals surface area contributed by atoms with Crippen LogP contribution in [0.1, 0.15) is 21.6 Å². The van der Waals surface area contributed by atoms with Crippen molar-refractivity contribution in [2.75, 3.05) is 17.7 Å². The van der Waals surface area contributed by atoms with Crippen molar-refractivity contribution in [1.82, 2.24) is 4.98 Å². The van der Waals surface area contributed by atoms with Gasteiger partial charge in [0.2, 0.25) is 0 Å². The van der Waals surface area contributed by atoms with Crippen molar-refractivity contribution in [3.8, 4) is 11.1 Å². The lowest BCUT2D eigenvalue weighted by molar-refractivity contribution is 0.102. The van der Waals surface area contributed by atoms with Crippen molar-refractivity contribution < 1.29 is 4.79 Å². The molecule has 0 bridgehead atoms. The first-order valence-corrected chi connectivity index (χ1v) is 9.59. The van der Waals surface area contributed by atoms with Gasteiger partial charge in [0.25, 0.3) is 5.91 Å². The number of carbonyl (C=O) groups excluding carboxylic acids is 1. The average molecular weight is 445 g/mol. The van der Waals surface area contributed by atoms with E-state index >= 15 is 0 Å². The molecule has 4 nitrogen and oxygen atoms in total. The maximum absolute atomic E-state index is 12.6. The highest BCUT2D eigenvalue weighted by molar-refractivity contribution is 9.10. The minimum absolute atomic E-state index is 0.249. The maximum atomic E-state index is 12.6. The van der Waals surface area contributed by atoms with Crippen LogP contribution in [0.25, 0.3) is 11.1 Å². The average Bonchev–Trinajstić information content (AvgIpc) is 2.66. The molecule has 0 radical (unpaired) electrons. The number of nitrogens with one attached hydrogen (secondary N) is 2. The van der Waals surface area contributed by atoms with Crippen molar-refractivity contribution in [2.45, 2.75) is 13.8 Å². The minimum Gasteiger partial charge on any atom is -0.387 e. The van der Waals surface area contributed by atoms with E-state index in [1.807, 2.05) is 57.3 Å². The number of hydrogen-bond acceptors (Lipinski definition) is 3. The fraction of sp³-hybridized carbons (Fsp3) is 0.143. The molecule has 0 aliphatic carbocycles. The summed E-state index contributed by atoms with van der Waals surface area (Å²) in [6.07, 6.45) is 1.64. The Balaban J connectivity index is 1.96. The zero-order valence-electron chi connectivity index (χ0n) is 15.2. The van der Waals surface area contributed by atoms with Crippen LogP contribution in [0, 0.1) is 13.8 Å². The van der Waals surface area contributed by atoms with Gasteiger partial charge in [0.15, 0.2) is 0 Å². The van der Waals surface area contributed by atoms with E-state index < -0.39 is 0 Å². The first-order valence-electron chi connectivity index (χ1n) is 8.42. The summed E-state index contributed by atoms with van der Waals surface area (Å²) in [6, 6.07) is 13.4. The monoisotopic (exact) mass is 443 g/mol. The van der Waals surface area contributed by atoms with Gasteiger partial charge in [-0.25, -0.2) is 4.98 Å². The molecule has 0 unspecified atom stereocenters. The van der Waals surface area contributed by atoms with E-state index in [0.717, 1.165) is 38.1 Å². The second-order valence-corrected chi connectivity index (χ2v) is 7.40. The van der Waals surface area contributed by atoms with Crippen LogP contribution in [-0.2, 0) is 0 Å². The molecule has 0 spiro atoms. The molecule has 27 heavy (non-hydrogen) atoms. The van der Waals surface area contributed by atoms with E-state index in [1.54, 1.807) is 12.3 Å². The molecule has 0 saturated heterocycles. The smallest absolute Gasteiger partial charge is 0.274 e. The summed E-state index contributed by atoms with van der Waals surface area (Å²) in [5.41, 5.74) is 5.73. The van der Waals surface area contributed by atoms with Gasteiger partial charge < -0.3 is 10.6 Å². The minimum atomic E-state index is -0.249. The van der Waals surface area contributed by atoms with Gasteiger partial charge >= 0.3 is 0 Å². The van der Waals surface area contributed by atoms with Crippen LogP contribution in [0.15, 0.2) is 53.1 Å². The number of aromatic nitrogens is 1. The molecule has 0 saturated carbocycles. The number of aryl methyl sites for hydroxylation is 1. The number of carbonyl (C=O) groups is 1. The summed E-state index contributed by atoms with van der Waals surface area (Å²) in [4.78, 5) is 16.8. The van der Waals surface area contributed by atoms with E-state index in [2.05, 4.69) is 31.5 Å². The third-order valence-corrected chi connectivity index (χ3v) is 5.66. The molecule has 0 atom stereocenters. The third kappa shape index (κ3) is 3.99. The van der Waals surface area contributed by atoms with Gasteiger partial charge in [-0.3, -0.25) is 4.79 Å².